The molecule has 1 aromatic heterocycles. The first-order valence-electron chi connectivity index (χ1n) is 9.87. The Kier molecular flexibility index (Phi) is 16.9. The van der Waals surface area contributed by atoms with Crippen LogP contribution in [0.4, 0.5) is 0 Å². The van der Waals surface area contributed by atoms with Gasteiger partial charge in [-0.2, -0.15) is 0 Å². The Morgan fingerprint density at radius 2 is 0.913 bits per heavy atom. The van der Waals surface area contributed by atoms with Crippen LogP contribution < -0.4 is 4.57 Å². The Morgan fingerprint density at radius 1 is 0.522 bits per heavy atom. The van der Waals surface area contributed by atoms with E-state index in [0.29, 0.717) is 0 Å². The molecule has 0 aliphatic heterocycles. The van der Waals surface area contributed by atoms with Crippen molar-refractivity contribution in [2.45, 2.75) is 103 Å². The first-order chi connectivity index (χ1) is 10.9. The predicted octanol–water partition coefficient (Wildman–Crippen LogP) is 6.54. The average molecular weight is 317 g/mol. The van der Waals surface area contributed by atoms with Gasteiger partial charge >= 0.3 is 7.43 Å². The molecule has 1 heteroatoms. The minimum atomic E-state index is 0. The van der Waals surface area contributed by atoms with Crippen LogP contribution in [0.3, 0.4) is 0 Å². The molecular weight excluding hydrogens is 278 g/mol. The number of aryl methyl sites for hydroxylation is 1. The second-order valence-corrected chi connectivity index (χ2v) is 6.71. The zero-order valence-electron chi connectivity index (χ0n) is 15.4. The quantitative estimate of drug-likeness (QED) is 0.255. The summed E-state index contributed by atoms with van der Waals surface area (Å²) in [6.07, 6.45) is 24.4. The van der Waals surface area contributed by atoms with Gasteiger partial charge in [-0.3, -0.25) is 0 Å². The van der Waals surface area contributed by atoms with Crippen LogP contribution in [0.15, 0.2) is 30.6 Å². The van der Waals surface area contributed by atoms with Crippen LogP contribution in [0.5, 0.6) is 0 Å². The molecule has 0 unspecified atom stereocenters. The van der Waals surface area contributed by atoms with Crippen molar-refractivity contribution in [1.29, 1.82) is 0 Å². The van der Waals surface area contributed by atoms with E-state index in [1.807, 2.05) is 0 Å². The van der Waals surface area contributed by atoms with Gasteiger partial charge in [0, 0.05) is 18.6 Å². The van der Waals surface area contributed by atoms with Gasteiger partial charge in [-0.05, 0) is 6.42 Å². The fourth-order valence-electron chi connectivity index (χ4n) is 3.07. The van der Waals surface area contributed by atoms with E-state index in [2.05, 4.69) is 42.1 Å². The SMILES string of the molecule is CCCCCCCCCCCCCCCC[n+]1ccccc1.[C+4]. The standard InChI is InChI=1S/C21H38N.C/c1-2-3-4-5-6-7-8-9-10-11-12-13-14-16-19-22-20-17-15-18-21-22;/h15,17-18,20-21H,2-14,16,19H2,1H3;/q+1;+4. The van der Waals surface area contributed by atoms with Crippen LogP contribution in [0, 0.1) is 7.43 Å². The van der Waals surface area contributed by atoms with Crippen LogP contribution in [0.1, 0.15) is 96.8 Å². The summed E-state index contributed by atoms with van der Waals surface area (Å²) in [5.41, 5.74) is 0. The zero-order chi connectivity index (χ0) is 15.7. The summed E-state index contributed by atoms with van der Waals surface area (Å²) in [5, 5.41) is 0. The van der Waals surface area contributed by atoms with Crippen molar-refractivity contribution in [2.24, 2.45) is 0 Å². The minimum Gasteiger partial charge on any atom is -0.205 e. The maximum atomic E-state index is 2.29. The zero-order valence-corrected chi connectivity index (χ0v) is 15.4. The molecule has 0 N–H and O–H groups in total. The van der Waals surface area contributed by atoms with Gasteiger partial charge in [0.25, 0.3) is 0 Å². The molecule has 126 valence electrons. The van der Waals surface area contributed by atoms with Crippen LogP contribution in [0.2, 0.25) is 0 Å². The van der Waals surface area contributed by atoms with Gasteiger partial charge in [-0.25, -0.2) is 4.57 Å². The summed E-state index contributed by atoms with van der Waals surface area (Å²) in [5.74, 6) is 0. The van der Waals surface area contributed by atoms with Crippen molar-refractivity contribution in [1.82, 2.24) is 0 Å². The maximum Gasteiger partial charge on any atom is 4.00 e. The third-order valence-electron chi connectivity index (χ3n) is 4.55. The van der Waals surface area contributed by atoms with E-state index >= 15 is 0 Å². The summed E-state index contributed by atoms with van der Waals surface area (Å²) in [7, 11) is 0. The normalized spacial score (nSPS) is 10.5. The molecule has 23 heavy (non-hydrogen) atoms. The third kappa shape index (κ3) is 14.5. The van der Waals surface area contributed by atoms with Crippen molar-refractivity contribution in [3.63, 3.8) is 0 Å². The molecule has 0 bridgehead atoms. The van der Waals surface area contributed by atoms with Crippen molar-refractivity contribution >= 4 is 0 Å². The summed E-state index contributed by atoms with van der Waals surface area (Å²) in [4.78, 5) is 0. The molecule has 1 aromatic rings. The Bertz CT molecular complexity index is 320. The molecule has 0 aliphatic carbocycles. The summed E-state index contributed by atoms with van der Waals surface area (Å²) < 4.78 is 2.29. The van der Waals surface area contributed by atoms with Gasteiger partial charge in [0.1, 0.15) is 6.54 Å². The van der Waals surface area contributed by atoms with Crippen molar-refractivity contribution in [2.75, 3.05) is 0 Å². The largest absolute Gasteiger partial charge is 4.00 e. The van der Waals surface area contributed by atoms with Gasteiger partial charge in [-0.1, -0.05) is 90.0 Å². The smallest absolute Gasteiger partial charge is 0.205 e. The molecule has 0 spiro atoms. The van der Waals surface area contributed by atoms with Crippen LogP contribution in [-0.2, 0) is 6.54 Å². The van der Waals surface area contributed by atoms with E-state index in [0.717, 1.165) is 0 Å². The second-order valence-electron chi connectivity index (χ2n) is 6.71. The van der Waals surface area contributed by atoms with E-state index < -0.39 is 0 Å². The number of hydrogen-bond donors (Lipinski definition) is 0. The first-order valence-corrected chi connectivity index (χ1v) is 9.87. The van der Waals surface area contributed by atoms with Gasteiger partial charge in [0.15, 0.2) is 12.4 Å². The molecule has 0 saturated carbocycles. The first kappa shape index (κ1) is 22.1. The van der Waals surface area contributed by atoms with E-state index in [-0.39, 0.29) is 7.43 Å². The number of aromatic nitrogens is 1. The van der Waals surface area contributed by atoms with E-state index in [9.17, 15) is 0 Å². The van der Waals surface area contributed by atoms with Crippen LogP contribution >= 0.6 is 0 Å². The number of unbranched alkanes of at least 4 members (excludes halogenated alkanes) is 13. The Labute approximate surface area is 146 Å². The molecule has 0 aromatic carbocycles. The summed E-state index contributed by atoms with van der Waals surface area (Å²) >= 11 is 0. The van der Waals surface area contributed by atoms with Crippen molar-refractivity contribution in [3.05, 3.63) is 38.0 Å². The Morgan fingerprint density at radius 3 is 1.35 bits per heavy atom. The monoisotopic (exact) mass is 316 g/mol. The molecule has 0 saturated heterocycles. The molecule has 0 fully saturated rings. The molecule has 0 atom stereocenters. The molecule has 1 nitrogen and oxygen atoms in total. The molecular formula is C22H38N+5. The van der Waals surface area contributed by atoms with E-state index in [1.165, 1.54) is 96.4 Å². The Hall–Kier alpha value is -0.850. The van der Waals surface area contributed by atoms with Crippen molar-refractivity contribution < 1.29 is 4.57 Å². The molecule has 0 amide bonds. The van der Waals surface area contributed by atoms with E-state index in [1.54, 1.807) is 0 Å². The van der Waals surface area contributed by atoms with Gasteiger partial charge in [0.2, 0.25) is 0 Å². The second kappa shape index (κ2) is 17.5. The average Bonchev–Trinajstić information content (AvgIpc) is 2.56. The summed E-state index contributed by atoms with van der Waals surface area (Å²) in [6, 6.07) is 6.31. The van der Waals surface area contributed by atoms with E-state index in [4.69, 9.17) is 0 Å². The van der Waals surface area contributed by atoms with Crippen molar-refractivity contribution in [3.8, 4) is 0 Å². The fraction of sp³-hybridized carbons (Fsp3) is 0.727. The molecule has 0 radical (unpaired) electrons. The topological polar surface area (TPSA) is 3.88 Å². The predicted molar refractivity (Wildman–Crippen MR) is 100 cm³/mol. The van der Waals surface area contributed by atoms with Gasteiger partial charge in [-0.15, -0.1) is 0 Å². The Balaban J connectivity index is 0.00000484. The minimum absolute atomic E-state index is 0. The van der Waals surface area contributed by atoms with Gasteiger partial charge < -0.3 is 0 Å². The number of hydrogen-bond acceptors (Lipinski definition) is 0. The maximum absolute atomic E-state index is 2.29. The third-order valence-corrected chi connectivity index (χ3v) is 4.55. The van der Waals surface area contributed by atoms with Gasteiger partial charge in [0.05, 0.1) is 0 Å². The molecule has 1 heterocycles. The van der Waals surface area contributed by atoms with Crippen LogP contribution in [0.25, 0.3) is 0 Å². The molecule has 1 rings (SSSR count). The number of pyridine rings is 1. The number of rotatable bonds is 15. The van der Waals surface area contributed by atoms with Crippen LogP contribution in [-0.4, -0.2) is 0 Å². The summed E-state index contributed by atoms with van der Waals surface area (Å²) in [6.45, 7) is 3.47. The molecule has 0 aliphatic rings. The fourth-order valence-corrected chi connectivity index (χ4v) is 3.07. The number of nitrogens with zero attached hydrogens (tertiary/aromatic N) is 1.